The largest absolute Gasteiger partial charge is 0.489 e. The van der Waals surface area contributed by atoms with E-state index in [-0.39, 0.29) is 18.4 Å². The summed E-state index contributed by atoms with van der Waals surface area (Å²) < 4.78 is 8.16. The molecule has 0 spiro atoms. The van der Waals surface area contributed by atoms with Gasteiger partial charge in [-0.25, -0.2) is 0 Å². The van der Waals surface area contributed by atoms with E-state index in [0.717, 1.165) is 51.9 Å². The van der Waals surface area contributed by atoms with E-state index in [1.165, 1.54) is 0 Å². The topological polar surface area (TPSA) is 64.4 Å². The number of ether oxygens (including phenoxy) is 1. The highest BCUT2D eigenvalue weighted by molar-refractivity contribution is 5.93. The van der Waals surface area contributed by atoms with Crippen LogP contribution in [0.4, 0.5) is 0 Å². The number of aromatic nitrogens is 2. The van der Waals surface area contributed by atoms with Crippen molar-refractivity contribution in [2.75, 3.05) is 0 Å². The Kier molecular flexibility index (Phi) is 6.10. The van der Waals surface area contributed by atoms with Crippen molar-refractivity contribution < 1.29 is 14.6 Å². The van der Waals surface area contributed by atoms with E-state index in [9.17, 15) is 9.90 Å². The first kappa shape index (κ1) is 22.2. The molecule has 1 heterocycles. The van der Waals surface area contributed by atoms with Crippen molar-refractivity contribution in [3.63, 3.8) is 0 Å². The van der Waals surface area contributed by atoms with Crippen LogP contribution in [0.2, 0.25) is 0 Å². The first-order valence-electron chi connectivity index (χ1n) is 12.0. The van der Waals surface area contributed by atoms with Gasteiger partial charge in [0.25, 0.3) is 0 Å². The number of hydrogen-bond donors (Lipinski definition) is 1. The zero-order valence-corrected chi connectivity index (χ0v) is 19.6. The average molecular weight is 455 g/mol. The van der Waals surface area contributed by atoms with Crippen LogP contribution in [-0.4, -0.2) is 20.9 Å². The summed E-state index contributed by atoms with van der Waals surface area (Å²) in [7, 11) is 0. The van der Waals surface area contributed by atoms with E-state index in [0.29, 0.717) is 12.5 Å². The molecule has 0 saturated heterocycles. The molecule has 0 aliphatic heterocycles. The van der Waals surface area contributed by atoms with Gasteiger partial charge in [0.15, 0.2) is 0 Å². The number of rotatable bonds is 9. The van der Waals surface area contributed by atoms with E-state index in [2.05, 4.69) is 48.9 Å². The fraction of sp³-hybridized carbons (Fsp3) is 0.310. The number of aliphatic carboxylic acids is 1. The number of nitrogens with zero attached hydrogens (tertiary/aromatic N) is 2. The van der Waals surface area contributed by atoms with Gasteiger partial charge in [-0.2, -0.15) is 5.10 Å². The second-order valence-electron chi connectivity index (χ2n) is 9.50. The van der Waals surface area contributed by atoms with Crippen molar-refractivity contribution in [1.29, 1.82) is 0 Å². The van der Waals surface area contributed by atoms with Crippen LogP contribution >= 0.6 is 0 Å². The maximum atomic E-state index is 11.3. The maximum absolute atomic E-state index is 11.3. The average Bonchev–Trinajstić information content (AvgIpc) is 3.61. The molecule has 5 heteroatoms. The van der Waals surface area contributed by atoms with Gasteiger partial charge in [-0.1, -0.05) is 54.6 Å². The first-order chi connectivity index (χ1) is 16.5. The molecule has 0 bridgehead atoms. The molecule has 1 aromatic heterocycles. The molecule has 1 fully saturated rings. The standard InChI is InChI=1S/C29H30N2O3/c1-19(2)31-27-16-20(8-15-25(27)29(30-31)23-6-4-3-5-7-23)18-34-24-13-11-22(12-14-24)26(17-28(32)33)21-9-10-21/h3-8,11-16,19,21,26H,9-10,17-18H2,1-2H3,(H,32,33). The van der Waals surface area contributed by atoms with Gasteiger partial charge in [0.05, 0.1) is 11.9 Å². The molecule has 1 N–H and O–H groups in total. The quantitative estimate of drug-likeness (QED) is 0.301. The summed E-state index contributed by atoms with van der Waals surface area (Å²) in [5.74, 6) is 0.657. The molecular weight excluding hydrogens is 424 g/mol. The molecule has 5 nitrogen and oxygen atoms in total. The zero-order chi connectivity index (χ0) is 23.7. The van der Waals surface area contributed by atoms with Gasteiger partial charge in [0.1, 0.15) is 18.1 Å². The van der Waals surface area contributed by atoms with E-state index in [4.69, 9.17) is 9.84 Å². The number of carboxylic acids is 1. The molecule has 0 amide bonds. The number of carboxylic acid groups (broad SMARTS) is 1. The highest BCUT2D eigenvalue weighted by Crippen LogP contribution is 2.44. The van der Waals surface area contributed by atoms with E-state index < -0.39 is 5.97 Å². The third-order valence-electron chi connectivity index (χ3n) is 6.61. The van der Waals surface area contributed by atoms with Gasteiger partial charge in [-0.05, 0) is 67.9 Å². The van der Waals surface area contributed by atoms with Gasteiger partial charge in [-0.3, -0.25) is 9.48 Å². The monoisotopic (exact) mass is 454 g/mol. The molecule has 1 aliphatic carbocycles. The minimum Gasteiger partial charge on any atom is -0.489 e. The van der Waals surface area contributed by atoms with Crippen molar-refractivity contribution in [3.05, 3.63) is 83.9 Å². The summed E-state index contributed by atoms with van der Waals surface area (Å²) in [5, 5.41) is 15.3. The predicted octanol–water partition coefficient (Wildman–Crippen LogP) is 6.83. The van der Waals surface area contributed by atoms with E-state index >= 15 is 0 Å². The number of fused-ring (bicyclic) bond motifs is 1. The van der Waals surface area contributed by atoms with Gasteiger partial charge in [0.2, 0.25) is 0 Å². The highest BCUT2D eigenvalue weighted by Gasteiger charge is 2.33. The number of benzene rings is 3. The highest BCUT2D eigenvalue weighted by atomic mass is 16.5. The Morgan fingerprint density at radius 3 is 2.44 bits per heavy atom. The molecule has 1 unspecified atom stereocenters. The van der Waals surface area contributed by atoms with Gasteiger partial charge in [0, 0.05) is 17.0 Å². The Balaban J connectivity index is 1.34. The third-order valence-corrected chi connectivity index (χ3v) is 6.61. The van der Waals surface area contributed by atoms with Crippen LogP contribution < -0.4 is 4.74 Å². The first-order valence-corrected chi connectivity index (χ1v) is 12.0. The Labute approximate surface area is 200 Å². The molecule has 4 aromatic rings. The van der Waals surface area contributed by atoms with Gasteiger partial charge >= 0.3 is 5.97 Å². The summed E-state index contributed by atoms with van der Waals surface area (Å²) in [6.07, 6.45) is 2.44. The van der Waals surface area contributed by atoms with Crippen LogP contribution in [0, 0.1) is 5.92 Å². The molecule has 34 heavy (non-hydrogen) atoms. The molecule has 1 aliphatic rings. The Hall–Kier alpha value is -3.60. The van der Waals surface area contributed by atoms with E-state index in [1.807, 2.05) is 42.5 Å². The molecule has 1 atom stereocenters. The fourth-order valence-corrected chi connectivity index (χ4v) is 4.70. The lowest BCUT2D eigenvalue weighted by Crippen LogP contribution is -2.08. The Bertz CT molecular complexity index is 1290. The van der Waals surface area contributed by atoms with Crippen LogP contribution in [0.15, 0.2) is 72.8 Å². The van der Waals surface area contributed by atoms with Crippen molar-refractivity contribution in [3.8, 4) is 17.0 Å². The third kappa shape index (κ3) is 4.69. The summed E-state index contributed by atoms with van der Waals surface area (Å²) in [6.45, 7) is 4.75. The molecule has 5 rings (SSSR count). The molecule has 3 aromatic carbocycles. The van der Waals surface area contributed by atoms with Crippen molar-refractivity contribution >= 4 is 16.9 Å². The number of carbonyl (C=O) groups is 1. The molecule has 1 saturated carbocycles. The minimum absolute atomic E-state index is 0.101. The Morgan fingerprint density at radius 1 is 1.06 bits per heavy atom. The fourth-order valence-electron chi connectivity index (χ4n) is 4.70. The SMILES string of the molecule is CC(C)n1nc(-c2ccccc2)c2ccc(COc3ccc(C(CC(=O)O)C4CC4)cc3)cc21. The van der Waals surface area contributed by atoms with E-state index in [1.54, 1.807) is 0 Å². The summed E-state index contributed by atoms with van der Waals surface area (Å²) in [5.41, 5.74) is 5.39. The van der Waals surface area contributed by atoms with Crippen LogP contribution in [-0.2, 0) is 11.4 Å². The lowest BCUT2D eigenvalue weighted by atomic mass is 9.91. The van der Waals surface area contributed by atoms with Crippen LogP contribution in [0.1, 0.15) is 56.2 Å². The number of hydrogen-bond acceptors (Lipinski definition) is 3. The summed E-state index contributed by atoms with van der Waals surface area (Å²) in [6, 6.07) is 24.9. The van der Waals surface area contributed by atoms with Crippen LogP contribution in [0.5, 0.6) is 5.75 Å². The smallest absolute Gasteiger partial charge is 0.303 e. The molecule has 0 radical (unpaired) electrons. The van der Waals surface area contributed by atoms with Gasteiger partial charge < -0.3 is 9.84 Å². The molecule has 174 valence electrons. The van der Waals surface area contributed by atoms with Crippen molar-refractivity contribution in [1.82, 2.24) is 9.78 Å². The zero-order valence-electron chi connectivity index (χ0n) is 19.6. The summed E-state index contributed by atoms with van der Waals surface area (Å²) in [4.78, 5) is 11.3. The van der Waals surface area contributed by atoms with Crippen LogP contribution in [0.25, 0.3) is 22.2 Å². The minimum atomic E-state index is -0.733. The lowest BCUT2D eigenvalue weighted by molar-refractivity contribution is -0.137. The molecular formula is C29H30N2O3. The normalized spacial score (nSPS) is 14.4. The van der Waals surface area contributed by atoms with Gasteiger partial charge in [-0.15, -0.1) is 0 Å². The maximum Gasteiger partial charge on any atom is 0.303 e. The van der Waals surface area contributed by atoms with Crippen molar-refractivity contribution in [2.24, 2.45) is 5.92 Å². The lowest BCUT2D eigenvalue weighted by Gasteiger charge is -2.15. The second-order valence-corrected chi connectivity index (χ2v) is 9.50. The van der Waals surface area contributed by atoms with Crippen LogP contribution in [0.3, 0.4) is 0 Å². The predicted molar refractivity (Wildman–Crippen MR) is 134 cm³/mol. The second kappa shape index (κ2) is 9.34. The summed E-state index contributed by atoms with van der Waals surface area (Å²) >= 11 is 0. The van der Waals surface area contributed by atoms with Crippen molar-refractivity contribution in [2.45, 2.75) is 51.7 Å². The Morgan fingerprint density at radius 2 is 1.79 bits per heavy atom.